The van der Waals surface area contributed by atoms with Gasteiger partial charge in [0.2, 0.25) is 0 Å². The van der Waals surface area contributed by atoms with Crippen LogP contribution in [0.1, 0.15) is 49.7 Å². The van der Waals surface area contributed by atoms with Crippen molar-refractivity contribution < 1.29 is 37.8 Å². The van der Waals surface area contributed by atoms with Crippen LogP contribution in [0.15, 0.2) is 48.5 Å². The third kappa shape index (κ3) is 6.74. The average Bonchev–Trinajstić information content (AvgIpc) is 2.59. The molecule has 2 atom stereocenters. The summed E-state index contributed by atoms with van der Waals surface area (Å²) in [7, 11) is -9.19. The summed E-state index contributed by atoms with van der Waals surface area (Å²) in [6.45, 7) is 4.11. The maximum Gasteiger partial charge on any atom is 0.524 e. The zero-order valence-electron chi connectivity index (χ0n) is 15.5. The van der Waals surface area contributed by atoms with Crippen molar-refractivity contribution in [1.29, 1.82) is 0 Å². The predicted molar refractivity (Wildman–Crippen MR) is 104 cm³/mol. The lowest BCUT2D eigenvalue weighted by Crippen LogP contribution is -2.10. The molecule has 8 nitrogen and oxygen atoms in total. The Hall–Kier alpha value is -1.66. The summed E-state index contributed by atoms with van der Waals surface area (Å²) < 4.78 is 31.1. The van der Waals surface area contributed by atoms with E-state index in [0.29, 0.717) is 0 Å². The normalized spacial score (nSPS) is 14.4. The molecule has 28 heavy (non-hydrogen) atoms. The second-order valence-electron chi connectivity index (χ2n) is 6.33. The van der Waals surface area contributed by atoms with E-state index >= 15 is 0 Å². The highest BCUT2D eigenvalue weighted by molar-refractivity contribution is 7.47. The van der Waals surface area contributed by atoms with Gasteiger partial charge in [-0.05, 0) is 60.1 Å². The van der Waals surface area contributed by atoms with Gasteiger partial charge < -0.3 is 9.05 Å². The van der Waals surface area contributed by atoms with Crippen LogP contribution < -0.4 is 9.05 Å². The highest BCUT2D eigenvalue weighted by Crippen LogP contribution is 2.42. The summed E-state index contributed by atoms with van der Waals surface area (Å²) in [4.78, 5) is 35.6. The summed E-state index contributed by atoms with van der Waals surface area (Å²) in [5.74, 6) is 0.475. The minimum Gasteiger partial charge on any atom is -0.404 e. The molecule has 0 spiro atoms. The summed E-state index contributed by atoms with van der Waals surface area (Å²) in [5, 5.41) is 0. The molecule has 0 aliphatic carbocycles. The highest BCUT2D eigenvalue weighted by Gasteiger charge is 2.23. The number of hydrogen-bond donors (Lipinski definition) is 4. The first-order valence-corrected chi connectivity index (χ1v) is 11.8. The molecule has 0 saturated carbocycles. The molecule has 0 saturated heterocycles. The number of benzene rings is 2. The first kappa shape index (κ1) is 22.6. The minimum absolute atomic E-state index is 0.0962. The molecule has 0 aromatic heterocycles. The van der Waals surface area contributed by atoms with Gasteiger partial charge in [0.15, 0.2) is 0 Å². The molecule has 0 aliphatic heterocycles. The van der Waals surface area contributed by atoms with Gasteiger partial charge in [0.05, 0.1) is 0 Å². The van der Waals surface area contributed by atoms with Crippen LogP contribution in [-0.2, 0) is 9.13 Å². The zero-order valence-corrected chi connectivity index (χ0v) is 17.3. The van der Waals surface area contributed by atoms with Gasteiger partial charge in [0.1, 0.15) is 11.5 Å². The van der Waals surface area contributed by atoms with E-state index in [1.807, 2.05) is 0 Å². The summed E-state index contributed by atoms with van der Waals surface area (Å²) in [5.41, 5.74) is 2.01. The van der Waals surface area contributed by atoms with Crippen LogP contribution in [0.5, 0.6) is 11.5 Å². The number of rotatable bonds is 9. The molecular weight excluding hydrogens is 406 g/mol. The van der Waals surface area contributed by atoms with Crippen molar-refractivity contribution in [1.82, 2.24) is 0 Å². The third-order valence-electron chi connectivity index (χ3n) is 4.43. The number of phosphoric acid groups is 2. The van der Waals surface area contributed by atoms with Gasteiger partial charge in [-0.25, -0.2) is 9.13 Å². The fourth-order valence-electron chi connectivity index (χ4n) is 3.33. The fourth-order valence-corrected chi connectivity index (χ4v) is 4.12. The zero-order chi connectivity index (χ0) is 20.9. The summed E-state index contributed by atoms with van der Waals surface area (Å²) in [6, 6.07) is 13.3. The summed E-state index contributed by atoms with van der Waals surface area (Å²) in [6.07, 6.45) is 1.66. The smallest absolute Gasteiger partial charge is 0.404 e. The van der Waals surface area contributed by atoms with Crippen molar-refractivity contribution in [2.75, 3.05) is 0 Å². The molecule has 0 amide bonds. The van der Waals surface area contributed by atoms with Crippen LogP contribution in [0.25, 0.3) is 0 Å². The van der Waals surface area contributed by atoms with Gasteiger partial charge in [0, 0.05) is 0 Å². The molecule has 154 valence electrons. The second-order valence-corrected chi connectivity index (χ2v) is 8.66. The molecule has 0 heterocycles. The maximum absolute atomic E-state index is 10.9. The van der Waals surface area contributed by atoms with Crippen molar-refractivity contribution in [3.05, 3.63) is 59.7 Å². The van der Waals surface area contributed by atoms with Gasteiger partial charge in [-0.1, -0.05) is 38.1 Å². The van der Waals surface area contributed by atoms with E-state index in [1.54, 1.807) is 24.3 Å². The van der Waals surface area contributed by atoms with Crippen LogP contribution in [0.2, 0.25) is 0 Å². The molecule has 2 aromatic carbocycles. The molecule has 0 bridgehead atoms. The van der Waals surface area contributed by atoms with Gasteiger partial charge in [0.25, 0.3) is 0 Å². The van der Waals surface area contributed by atoms with E-state index in [0.717, 1.165) is 24.0 Å². The lowest BCUT2D eigenvalue weighted by molar-refractivity contribution is 0.281. The third-order valence-corrected chi connectivity index (χ3v) is 5.33. The first-order valence-electron chi connectivity index (χ1n) is 8.72. The van der Waals surface area contributed by atoms with E-state index in [2.05, 4.69) is 22.9 Å². The Morgan fingerprint density at radius 3 is 1.18 bits per heavy atom. The molecule has 0 unspecified atom stereocenters. The van der Waals surface area contributed by atoms with E-state index in [4.69, 9.17) is 19.6 Å². The Labute approximate surface area is 163 Å². The lowest BCUT2D eigenvalue weighted by Gasteiger charge is -2.26. The Morgan fingerprint density at radius 2 is 0.964 bits per heavy atom. The van der Waals surface area contributed by atoms with Gasteiger partial charge >= 0.3 is 15.6 Å². The monoisotopic (exact) mass is 430 g/mol. The Morgan fingerprint density at radius 1 is 0.679 bits per heavy atom. The lowest BCUT2D eigenvalue weighted by atomic mass is 9.78. The largest absolute Gasteiger partial charge is 0.524 e. The molecule has 0 fully saturated rings. The van der Waals surface area contributed by atoms with E-state index in [9.17, 15) is 9.13 Å². The topological polar surface area (TPSA) is 134 Å². The van der Waals surface area contributed by atoms with Crippen molar-refractivity contribution in [2.24, 2.45) is 0 Å². The fraction of sp³-hybridized carbons (Fsp3) is 0.333. The van der Waals surface area contributed by atoms with Gasteiger partial charge in [-0.15, -0.1) is 0 Å². The minimum atomic E-state index is -4.59. The second kappa shape index (κ2) is 9.23. The molecule has 10 heteroatoms. The van der Waals surface area contributed by atoms with Crippen molar-refractivity contribution >= 4 is 15.6 Å². The predicted octanol–water partition coefficient (Wildman–Crippen LogP) is 4.32. The van der Waals surface area contributed by atoms with E-state index in [-0.39, 0.29) is 23.3 Å². The van der Waals surface area contributed by atoms with Gasteiger partial charge in [-0.3, -0.25) is 19.6 Å². The van der Waals surface area contributed by atoms with Crippen molar-refractivity contribution in [2.45, 2.75) is 38.5 Å². The molecule has 4 N–H and O–H groups in total. The molecular formula is C18H24O8P2. The average molecular weight is 430 g/mol. The highest BCUT2D eigenvalue weighted by atomic mass is 31.2. The SMILES string of the molecule is CC[C@H](c1ccc(OP(=O)(O)O)cc1)[C@@H](CC)c1ccc(OP(=O)(O)O)cc1. The maximum atomic E-state index is 10.9. The van der Waals surface area contributed by atoms with E-state index in [1.165, 1.54) is 24.3 Å². The van der Waals surface area contributed by atoms with Crippen LogP contribution >= 0.6 is 15.6 Å². The van der Waals surface area contributed by atoms with Crippen LogP contribution in [0, 0.1) is 0 Å². The van der Waals surface area contributed by atoms with Crippen LogP contribution in [-0.4, -0.2) is 19.6 Å². The van der Waals surface area contributed by atoms with E-state index < -0.39 is 15.6 Å². The number of phosphoric ester groups is 2. The first-order chi connectivity index (χ1) is 13.0. The quantitative estimate of drug-likeness (QED) is 0.432. The molecule has 2 rings (SSSR count). The Bertz CT molecular complexity index is 781. The standard InChI is InChI=1S/C18H24O8P2/c1-3-17(13-5-9-15(10-6-13)25-27(19,20)21)18(4-2)14-7-11-16(12-8-14)26-28(22,23)24/h5-12,17-18H,3-4H2,1-2H3,(H2,19,20,21)(H2,22,23,24)/t17-,18+. The molecule has 0 radical (unpaired) electrons. The van der Waals surface area contributed by atoms with Crippen LogP contribution in [0.4, 0.5) is 0 Å². The van der Waals surface area contributed by atoms with Crippen LogP contribution in [0.3, 0.4) is 0 Å². The summed E-state index contributed by atoms with van der Waals surface area (Å²) >= 11 is 0. The molecule has 2 aromatic rings. The van der Waals surface area contributed by atoms with Gasteiger partial charge in [-0.2, -0.15) is 0 Å². The Kier molecular flexibility index (Phi) is 7.46. The Balaban J connectivity index is 2.23. The molecule has 0 aliphatic rings. The van der Waals surface area contributed by atoms with Crippen molar-refractivity contribution in [3.8, 4) is 11.5 Å². The number of hydrogen-bond acceptors (Lipinski definition) is 4. The van der Waals surface area contributed by atoms with Crippen molar-refractivity contribution in [3.63, 3.8) is 0 Å².